The molecule has 0 radical (unpaired) electrons. The molecule has 0 heterocycles. The number of alkyl halides is 1. The Hall–Kier alpha value is 0.0300. The molecule has 0 aromatic carbocycles. The van der Waals surface area contributed by atoms with Gasteiger partial charge >= 0.3 is 0 Å². The Labute approximate surface area is 81.0 Å². The van der Waals surface area contributed by atoms with Gasteiger partial charge in [0.1, 0.15) is 0 Å². The highest BCUT2D eigenvalue weighted by atomic mass is 35.5. The van der Waals surface area contributed by atoms with Crippen LogP contribution in [0.2, 0.25) is 0 Å². The minimum Gasteiger partial charge on any atom is -0.118 e. The molecule has 0 nitrogen and oxygen atoms in total. The Morgan fingerprint density at radius 1 is 1.58 bits per heavy atom. The van der Waals surface area contributed by atoms with Crippen molar-refractivity contribution in [3.8, 4) is 0 Å². The van der Waals surface area contributed by atoms with Crippen molar-refractivity contribution in [3.05, 3.63) is 11.6 Å². The van der Waals surface area contributed by atoms with Gasteiger partial charge in [-0.1, -0.05) is 31.9 Å². The van der Waals surface area contributed by atoms with E-state index in [0.717, 1.165) is 5.92 Å². The van der Waals surface area contributed by atoms with Crippen LogP contribution in [0.25, 0.3) is 0 Å². The highest BCUT2D eigenvalue weighted by Gasteiger charge is 2.12. The first kappa shape index (κ1) is 10.1. The maximum atomic E-state index is 5.97. The van der Waals surface area contributed by atoms with Gasteiger partial charge in [-0.2, -0.15) is 0 Å². The van der Waals surface area contributed by atoms with Crippen LogP contribution in [0.1, 0.15) is 46.0 Å². The van der Waals surface area contributed by atoms with Gasteiger partial charge in [-0.3, -0.25) is 0 Å². The fourth-order valence-electron chi connectivity index (χ4n) is 1.69. The summed E-state index contributed by atoms with van der Waals surface area (Å²) in [6.45, 7) is 4.57. The molecule has 0 N–H and O–H groups in total. The lowest BCUT2D eigenvalue weighted by Crippen LogP contribution is -1.87. The van der Waals surface area contributed by atoms with E-state index in [1.165, 1.54) is 32.1 Å². The number of hydrogen-bond donors (Lipinski definition) is 0. The van der Waals surface area contributed by atoms with E-state index in [9.17, 15) is 0 Å². The van der Waals surface area contributed by atoms with Gasteiger partial charge in [0.15, 0.2) is 0 Å². The van der Waals surface area contributed by atoms with Crippen molar-refractivity contribution >= 4 is 11.6 Å². The van der Waals surface area contributed by atoms with Gasteiger partial charge in [-0.15, -0.1) is 11.6 Å². The Balaban J connectivity index is 2.11. The molecule has 1 heteroatoms. The van der Waals surface area contributed by atoms with Crippen molar-refractivity contribution in [1.29, 1.82) is 0 Å². The van der Waals surface area contributed by atoms with E-state index in [4.69, 9.17) is 11.6 Å². The van der Waals surface area contributed by atoms with E-state index >= 15 is 0 Å². The van der Waals surface area contributed by atoms with E-state index in [-0.39, 0.29) is 0 Å². The lowest BCUT2D eigenvalue weighted by Gasteiger charge is -2.04. The third-order valence-electron chi connectivity index (χ3n) is 2.44. The summed E-state index contributed by atoms with van der Waals surface area (Å²) in [4.78, 5) is 0. The summed E-state index contributed by atoms with van der Waals surface area (Å²) in [5.74, 6) is 0.846. The minimum atomic E-state index is 0.332. The first-order chi connectivity index (χ1) is 5.68. The van der Waals surface area contributed by atoms with Gasteiger partial charge < -0.3 is 0 Å². The van der Waals surface area contributed by atoms with Crippen molar-refractivity contribution in [1.82, 2.24) is 0 Å². The Bertz CT molecular complexity index is 158. The highest BCUT2D eigenvalue weighted by molar-refractivity contribution is 6.22. The Morgan fingerprint density at radius 2 is 2.33 bits per heavy atom. The minimum absolute atomic E-state index is 0.332. The van der Waals surface area contributed by atoms with Crippen LogP contribution >= 0.6 is 11.6 Å². The lowest BCUT2D eigenvalue weighted by atomic mass is 10.0. The molecule has 12 heavy (non-hydrogen) atoms. The Kier molecular flexibility index (Phi) is 4.14. The van der Waals surface area contributed by atoms with E-state index in [1.807, 2.05) is 0 Å². The second kappa shape index (κ2) is 4.91. The van der Waals surface area contributed by atoms with E-state index in [0.29, 0.717) is 5.38 Å². The van der Waals surface area contributed by atoms with Gasteiger partial charge in [0.2, 0.25) is 0 Å². The lowest BCUT2D eigenvalue weighted by molar-refractivity contribution is 0.552. The summed E-state index contributed by atoms with van der Waals surface area (Å²) in [6, 6.07) is 0. The molecule has 1 rings (SSSR count). The molecule has 0 amide bonds. The smallest absolute Gasteiger partial charge is 0.0521 e. The first-order valence-corrected chi connectivity index (χ1v) is 5.45. The largest absolute Gasteiger partial charge is 0.118 e. The molecule has 0 aromatic heterocycles. The topological polar surface area (TPSA) is 0 Å². The zero-order chi connectivity index (χ0) is 8.97. The SMILES string of the molecule is CC(C)CCCC1=CC(Cl)CC1. The third kappa shape index (κ3) is 3.62. The van der Waals surface area contributed by atoms with Crippen molar-refractivity contribution < 1.29 is 0 Å². The molecule has 0 spiro atoms. The average molecular weight is 187 g/mol. The number of hydrogen-bond acceptors (Lipinski definition) is 0. The quantitative estimate of drug-likeness (QED) is 0.457. The van der Waals surface area contributed by atoms with Crippen molar-refractivity contribution in [2.75, 3.05) is 0 Å². The molecule has 0 saturated carbocycles. The molecular formula is C11H19Cl. The van der Waals surface area contributed by atoms with Crippen LogP contribution in [-0.4, -0.2) is 5.38 Å². The summed E-state index contributed by atoms with van der Waals surface area (Å²) >= 11 is 5.97. The Morgan fingerprint density at radius 3 is 2.83 bits per heavy atom. The van der Waals surface area contributed by atoms with Crippen LogP contribution in [0, 0.1) is 5.92 Å². The molecule has 70 valence electrons. The van der Waals surface area contributed by atoms with Crippen molar-refractivity contribution in [2.45, 2.75) is 51.3 Å². The maximum Gasteiger partial charge on any atom is 0.0521 e. The third-order valence-corrected chi connectivity index (χ3v) is 2.78. The zero-order valence-corrected chi connectivity index (χ0v) is 8.90. The van der Waals surface area contributed by atoms with Crippen molar-refractivity contribution in [3.63, 3.8) is 0 Å². The average Bonchev–Trinajstić information content (AvgIpc) is 2.35. The van der Waals surface area contributed by atoms with Gasteiger partial charge in [-0.05, 0) is 31.6 Å². The van der Waals surface area contributed by atoms with Crippen LogP contribution < -0.4 is 0 Å². The monoisotopic (exact) mass is 186 g/mol. The summed E-state index contributed by atoms with van der Waals surface area (Å²) < 4.78 is 0. The van der Waals surface area contributed by atoms with Crippen LogP contribution in [0.5, 0.6) is 0 Å². The molecule has 1 aliphatic rings. The van der Waals surface area contributed by atoms with E-state index in [2.05, 4.69) is 19.9 Å². The second-order valence-electron chi connectivity index (χ2n) is 4.17. The predicted molar refractivity (Wildman–Crippen MR) is 55.6 cm³/mol. The van der Waals surface area contributed by atoms with E-state index in [1.54, 1.807) is 5.57 Å². The van der Waals surface area contributed by atoms with Gasteiger partial charge in [-0.25, -0.2) is 0 Å². The molecule has 0 bridgehead atoms. The molecular weight excluding hydrogens is 168 g/mol. The zero-order valence-electron chi connectivity index (χ0n) is 8.15. The fraction of sp³-hybridized carbons (Fsp3) is 0.818. The maximum absolute atomic E-state index is 5.97. The molecule has 1 aliphatic carbocycles. The first-order valence-electron chi connectivity index (χ1n) is 5.02. The summed E-state index contributed by atoms with van der Waals surface area (Å²) in [6.07, 6.45) is 8.63. The number of allylic oxidation sites excluding steroid dienone is 2. The van der Waals surface area contributed by atoms with E-state index < -0.39 is 0 Å². The van der Waals surface area contributed by atoms with Crippen LogP contribution in [-0.2, 0) is 0 Å². The fourth-order valence-corrected chi connectivity index (χ4v) is 1.98. The summed E-state index contributed by atoms with van der Waals surface area (Å²) in [5.41, 5.74) is 1.59. The molecule has 0 aromatic rings. The molecule has 0 saturated heterocycles. The van der Waals surface area contributed by atoms with Crippen LogP contribution in [0.15, 0.2) is 11.6 Å². The van der Waals surface area contributed by atoms with Crippen LogP contribution in [0.4, 0.5) is 0 Å². The van der Waals surface area contributed by atoms with Crippen molar-refractivity contribution in [2.24, 2.45) is 5.92 Å². The number of halogens is 1. The highest BCUT2D eigenvalue weighted by Crippen LogP contribution is 2.26. The van der Waals surface area contributed by atoms with Gasteiger partial charge in [0.05, 0.1) is 5.38 Å². The predicted octanol–water partition coefficient (Wildman–Crippen LogP) is 4.14. The van der Waals surface area contributed by atoms with Gasteiger partial charge in [0, 0.05) is 0 Å². The number of rotatable bonds is 4. The second-order valence-corrected chi connectivity index (χ2v) is 4.73. The van der Waals surface area contributed by atoms with Crippen LogP contribution in [0.3, 0.4) is 0 Å². The summed E-state index contributed by atoms with van der Waals surface area (Å²) in [5, 5.41) is 0.332. The normalized spacial score (nSPS) is 23.3. The molecule has 1 unspecified atom stereocenters. The van der Waals surface area contributed by atoms with Gasteiger partial charge in [0.25, 0.3) is 0 Å². The molecule has 1 atom stereocenters. The molecule has 0 aliphatic heterocycles. The molecule has 0 fully saturated rings. The summed E-state index contributed by atoms with van der Waals surface area (Å²) in [7, 11) is 0. The standard InChI is InChI=1S/C11H19Cl/c1-9(2)4-3-5-10-6-7-11(12)8-10/h8-9,11H,3-7H2,1-2H3.